The van der Waals surface area contributed by atoms with Gasteiger partial charge in [0.1, 0.15) is 0 Å². The monoisotopic (exact) mass is 222 g/mol. The highest BCUT2D eigenvalue weighted by Gasteiger charge is 2.32. The molecule has 2 aliphatic heterocycles. The third kappa shape index (κ3) is 1.52. The molecule has 0 aliphatic carbocycles. The fraction of sp³-hybridized carbons (Fsp3) is 0.500. The van der Waals surface area contributed by atoms with Crippen molar-refractivity contribution in [3.05, 3.63) is 28.8 Å². The first-order valence-corrected chi connectivity index (χ1v) is 5.97. The lowest BCUT2D eigenvalue weighted by Crippen LogP contribution is -2.12. The highest BCUT2D eigenvalue weighted by molar-refractivity contribution is 6.33. The summed E-state index contributed by atoms with van der Waals surface area (Å²) < 4.78 is 0. The summed E-state index contributed by atoms with van der Waals surface area (Å²) in [5, 5.41) is 7.80. The van der Waals surface area contributed by atoms with Gasteiger partial charge in [-0.15, -0.1) is 0 Å². The minimum Gasteiger partial charge on any atom is -0.384 e. The second kappa shape index (κ2) is 3.69. The van der Waals surface area contributed by atoms with Gasteiger partial charge in [0.25, 0.3) is 0 Å². The number of fused-ring (bicyclic) bond motifs is 3. The fourth-order valence-corrected chi connectivity index (χ4v) is 3.07. The molecular weight excluding hydrogens is 208 g/mol. The highest BCUT2D eigenvalue weighted by Crippen LogP contribution is 2.40. The van der Waals surface area contributed by atoms with Crippen molar-refractivity contribution in [2.45, 2.75) is 12.3 Å². The van der Waals surface area contributed by atoms with Crippen LogP contribution in [0.5, 0.6) is 0 Å². The van der Waals surface area contributed by atoms with Crippen molar-refractivity contribution in [3.8, 4) is 0 Å². The van der Waals surface area contributed by atoms with Crippen molar-refractivity contribution >= 4 is 17.3 Å². The molecule has 1 saturated heterocycles. The van der Waals surface area contributed by atoms with E-state index in [0.29, 0.717) is 5.92 Å². The lowest BCUT2D eigenvalue weighted by atomic mass is 9.87. The molecule has 0 saturated carbocycles. The van der Waals surface area contributed by atoms with Crippen LogP contribution in [-0.2, 0) is 0 Å². The van der Waals surface area contributed by atoms with Crippen LogP contribution < -0.4 is 10.6 Å². The van der Waals surface area contributed by atoms with E-state index in [1.807, 2.05) is 6.07 Å². The largest absolute Gasteiger partial charge is 0.384 e. The maximum atomic E-state index is 6.22. The first kappa shape index (κ1) is 9.49. The zero-order valence-corrected chi connectivity index (χ0v) is 9.35. The smallest absolute Gasteiger partial charge is 0.0640 e. The Kier molecular flexibility index (Phi) is 2.33. The lowest BCUT2D eigenvalue weighted by Gasteiger charge is -2.17. The Morgan fingerprint density at radius 2 is 2.20 bits per heavy atom. The molecule has 0 radical (unpaired) electrons. The predicted molar refractivity (Wildman–Crippen MR) is 63.7 cm³/mol. The molecule has 3 rings (SSSR count). The SMILES string of the molecule is Clc1cccc2c1NCC[C@@H]1CNC[C@@H]21. The zero-order valence-electron chi connectivity index (χ0n) is 8.59. The topological polar surface area (TPSA) is 24.1 Å². The first-order valence-electron chi connectivity index (χ1n) is 5.59. The van der Waals surface area contributed by atoms with Crippen LogP contribution in [0.25, 0.3) is 0 Å². The van der Waals surface area contributed by atoms with E-state index in [1.165, 1.54) is 12.0 Å². The third-order valence-electron chi connectivity index (χ3n) is 3.60. The Balaban J connectivity index is 2.09. The minimum atomic E-state index is 0.647. The Morgan fingerprint density at radius 1 is 1.27 bits per heavy atom. The molecule has 0 spiro atoms. The molecule has 0 bridgehead atoms. The first-order chi connectivity index (χ1) is 7.36. The number of halogens is 1. The van der Waals surface area contributed by atoms with Gasteiger partial charge in [-0.05, 0) is 30.5 Å². The lowest BCUT2D eigenvalue weighted by molar-refractivity contribution is 0.503. The second-order valence-corrected chi connectivity index (χ2v) is 4.85. The van der Waals surface area contributed by atoms with Crippen molar-refractivity contribution in [3.63, 3.8) is 0 Å². The molecule has 1 fully saturated rings. The number of rotatable bonds is 0. The van der Waals surface area contributed by atoms with Crippen LogP contribution in [0.15, 0.2) is 18.2 Å². The van der Waals surface area contributed by atoms with Crippen molar-refractivity contribution in [1.29, 1.82) is 0 Å². The minimum absolute atomic E-state index is 0.647. The summed E-state index contributed by atoms with van der Waals surface area (Å²) in [6.07, 6.45) is 1.24. The molecule has 2 aliphatic rings. The summed E-state index contributed by atoms with van der Waals surface area (Å²) >= 11 is 6.22. The molecule has 2 atom stereocenters. The van der Waals surface area contributed by atoms with Crippen molar-refractivity contribution < 1.29 is 0 Å². The van der Waals surface area contributed by atoms with Gasteiger partial charge in [0.2, 0.25) is 0 Å². The summed E-state index contributed by atoms with van der Waals surface area (Å²) in [7, 11) is 0. The van der Waals surface area contributed by atoms with Crippen LogP contribution in [0.3, 0.4) is 0 Å². The van der Waals surface area contributed by atoms with E-state index in [0.717, 1.165) is 36.3 Å². The van der Waals surface area contributed by atoms with E-state index < -0.39 is 0 Å². The van der Waals surface area contributed by atoms with Crippen molar-refractivity contribution in [1.82, 2.24) is 5.32 Å². The number of benzene rings is 1. The molecule has 2 heterocycles. The number of nitrogens with one attached hydrogen (secondary N) is 2. The van der Waals surface area contributed by atoms with Crippen LogP contribution >= 0.6 is 11.6 Å². The van der Waals surface area contributed by atoms with Crippen LogP contribution in [0.4, 0.5) is 5.69 Å². The Bertz CT molecular complexity index is 378. The molecule has 1 aromatic carbocycles. The molecule has 0 aromatic heterocycles. The average Bonchev–Trinajstić information content (AvgIpc) is 2.62. The standard InChI is InChI=1S/C12H15ClN2/c13-11-3-1-2-9-10-7-14-6-8(10)4-5-15-12(9)11/h1-3,8,10,14-15H,4-7H2/t8-,10-/m1/s1. The van der Waals surface area contributed by atoms with Crippen molar-refractivity contribution in [2.75, 3.05) is 25.0 Å². The van der Waals surface area contributed by atoms with Gasteiger partial charge in [0, 0.05) is 19.0 Å². The molecule has 1 aromatic rings. The summed E-state index contributed by atoms with van der Waals surface area (Å²) in [6.45, 7) is 3.29. The van der Waals surface area contributed by atoms with E-state index in [4.69, 9.17) is 11.6 Å². The van der Waals surface area contributed by atoms with E-state index in [9.17, 15) is 0 Å². The number of anilines is 1. The van der Waals surface area contributed by atoms with Gasteiger partial charge in [0.15, 0.2) is 0 Å². The summed E-state index contributed by atoms with van der Waals surface area (Å²) in [6, 6.07) is 6.24. The van der Waals surface area contributed by atoms with Crippen molar-refractivity contribution in [2.24, 2.45) is 5.92 Å². The van der Waals surface area contributed by atoms with Gasteiger partial charge in [0.05, 0.1) is 10.7 Å². The second-order valence-electron chi connectivity index (χ2n) is 4.44. The molecule has 2 N–H and O–H groups in total. The van der Waals surface area contributed by atoms with E-state index in [1.54, 1.807) is 0 Å². The van der Waals surface area contributed by atoms with Gasteiger partial charge in [-0.3, -0.25) is 0 Å². The van der Waals surface area contributed by atoms with E-state index in [-0.39, 0.29) is 0 Å². The van der Waals surface area contributed by atoms with E-state index >= 15 is 0 Å². The van der Waals surface area contributed by atoms with Gasteiger partial charge in [-0.25, -0.2) is 0 Å². The highest BCUT2D eigenvalue weighted by atomic mass is 35.5. The van der Waals surface area contributed by atoms with Crippen LogP contribution in [0.2, 0.25) is 5.02 Å². The molecule has 80 valence electrons. The Hall–Kier alpha value is -0.730. The number of hydrogen-bond acceptors (Lipinski definition) is 2. The summed E-state index contributed by atoms with van der Waals surface area (Å²) in [5.41, 5.74) is 2.56. The van der Waals surface area contributed by atoms with Gasteiger partial charge >= 0.3 is 0 Å². The predicted octanol–water partition coefficient (Wildman–Crippen LogP) is 2.46. The fourth-order valence-electron chi connectivity index (χ4n) is 2.82. The van der Waals surface area contributed by atoms with E-state index in [2.05, 4.69) is 22.8 Å². The molecular formula is C12H15ClN2. The maximum Gasteiger partial charge on any atom is 0.0640 e. The maximum absolute atomic E-state index is 6.22. The number of para-hydroxylation sites is 1. The Labute approximate surface area is 95.0 Å². The Morgan fingerprint density at radius 3 is 3.13 bits per heavy atom. The zero-order chi connectivity index (χ0) is 10.3. The summed E-state index contributed by atoms with van der Waals surface area (Å²) in [5.74, 6) is 1.42. The summed E-state index contributed by atoms with van der Waals surface area (Å²) in [4.78, 5) is 0. The third-order valence-corrected chi connectivity index (χ3v) is 3.92. The van der Waals surface area contributed by atoms with Gasteiger partial charge in [-0.2, -0.15) is 0 Å². The quantitative estimate of drug-likeness (QED) is 0.705. The molecule has 15 heavy (non-hydrogen) atoms. The van der Waals surface area contributed by atoms with Crippen LogP contribution in [0, 0.1) is 5.92 Å². The molecule has 0 amide bonds. The normalized spacial score (nSPS) is 28.9. The van der Waals surface area contributed by atoms with Gasteiger partial charge < -0.3 is 10.6 Å². The van der Waals surface area contributed by atoms with Gasteiger partial charge in [-0.1, -0.05) is 23.7 Å². The number of hydrogen-bond donors (Lipinski definition) is 2. The molecule has 0 unspecified atom stereocenters. The van der Waals surface area contributed by atoms with Crippen LogP contribution in [-0.4, -0.2) is 19.6 Å². The molecule has 2 nitrogen and oxygen atoms in total. The molecule has 3 heteroatoms. The van der Waals surface area contributed by atoms with Crippen LogP contribution in [0.1, 0.15) is 17.9 Å². The average molecular weight is 223 g/mol.